The van der Waals surface area contributed by atoms with Crippen LogP contribution in [0.15, 0.2) is 58.4 Å². The molecule has 2 aromatic carbocycles. The van der Waals surface area contributed by atoms with Crippen LogP contribution in [0.1, 0.15) is 12.6 Å². The van der Waals surface area contributed by atoms with Gasteiger partial charge >= 0.3 is 0 Å². The lowest BCUT2D eigenvalue weighted by Crippen LogP contribution is -2.23. The number of hydrogen-bond acceptors (Lipinski definition) is 4. The van der Waals surface area contributed by atoms with E-state index in [0.29, 0.717) is 10.2 Å². The number of amides is 1. The first-order valence-electron chi connectivity index (χ1n) is 7.90. The number of thioether (sulfide) groups is 1. The molecule has 0 saturated carbocycles. The van der Waals surface area contributed by atoms with E-state index in [1.807, 2.05) is 35.7 Å². The zero-order chi connectivity index (χ0) is 18.5. The number of nitrogens with zero attached hydrogens (tertiary/aromatic N) is 1. The van der Waals surface area contributed by atoms with E-state index in [0.717, 1.165) is 16.3 Å². The molecule has 0 saturated heterocycles. The van der Waals surface area contributed by atoms with Gasteiger partial charge in [0.25, 0.3) is 0 Å². The molecule has 26 heavy (non-hydrogen) atoms. The summed E-state index contributed by atoms with van der Waals surface area (Å²) in [7, 11) is 0. The Kier molecular flexibility index (Phi) is 6.45. The highest BCUT2D eigenvalue weighted by Gasteiger charge is 2.16. The van der Waals surface area contributed by atoms with Crippen LogP contribution in [0.25, 0.3) is 10.6 Å². The van der Waals surface area contributed by atoms with Crippen LogP contribution in [0.4, 0.5) is 10.1 Å². The number of hydrogen-bond donors (Lipinski definition) is 1. The minimum atomic E-state index is -0.461. The third-order valence-corrected chi connectivity index (χ3v) is 6.22. The maximum absolute atomic E-state index is 13.8. The molecule has 134 valence electrons. The molecule has 0 aliphatic heterocycles. The van der Waals surface area contributed by atoms with Crippen molar-refractivity contribution < 1.29 is 9.18 Å². The molecule has 1 atom stereocenters. The molecule has 3 aromatic rings. The van der Waals surface area contributed by atoms with E-state index in [4.69, 9.17) is 0 Å². The Morgan fingerprint density at radius 1 is 1.31 bits per heavy atom. The van der Waals surface area contributed by atoms with Crippen molar-refractivity contribution in [1.82, 2.24) is 4.98 Å². The Morgan fingerprint density at radius 2 is 2.08 bits per heavy atom. The van der Waals surface area contributed by atoms with Crippen molar-refractivity contribution >= 4 is 50.6 Å². The van der Waals surface area contributed by atoms with Gasteiger partial charge in [-0.05, 0) is 25.1 Å². The van der Waals surface area contributed by atoms with E-state index in [1.165, 1.54) is 17.8 Å². The number of nitrogens with one attached hydrogen (secondary N) is 1. The maximum atomic E-state index is 13.8. The average molecular weight is 451 g/mol. The first-order chi connectivity index (χ1) is 12.5. The SMILES string of the molecule is CC(SCc1csc(-c2ccccc2)n1)C(=O)Nc1ccc(Br)cc1F. The molecule has 1 unspecified atom stereocenters. The molecule has 7 heteroatoms. The molecule has 0 aliphatic carbocycles. The molecule has 3 nitrogen and oxygen atoms in total. The van der Waals surface area contributed by atoms with Crippen LogP contribution < -0.4 is 5.32 Å². The number of thiazole rings is 1. The first-order valence-corrected chi connectivity index (χ1v) is 10.6. The topological polar surface area (TPSA) is 42.0 Å². The normalized spacial score (nSPS) is 12.0. The van der Waals surface area contributed by atoms with Crippen LogP contribution in [-0.2, 0) is 10.5 Å². The average Bonchev–Trinajstić information content (AvgIpc) is 3.11. The van der Waals surface area contributed by atoms with Crippen molar-refractivity contribution in [2.24, 2.45) is 0 Å². The Morgan fingerprint density at radius 3 is 2.81 bits per heavy atom. The zero-order valence-corrected chi connectivity index (χ0v) is 17.1. The van der Waals surface area contributed by atoms with E-state index in [2.05, 4.69) is 26.2 Å². The monoisotopic (exact) mass is 450 g/mol. The number of benzene rings is 2. The fourth-order valence-corrected chi connectivity index (χ4v) is 4.24. The summed E-state index contributed by atoms with van der Waals surface area (Å²) in [5.41, 5.74) is 2.21. The summed E-state index contributed by atoms with van der Waals surface area (Å²) in [6.45, 7) is 1.81. The summed E-state index contributed by atoms with van der Waals surface area (Å²) in [5.74, 6) is -0.0625. The molecule has 1 heterocycles. The number of carbonyl (C=O) groups is 1. The van der Waals surface area contributed by atoms with Crippen molar-refractivity contribution in [2.45, 2.75) is 17.9 Å². The van der Waals surface area contributed by atoms with Gasteiger partial charge in [-0.1, -0.05) is 46.3 Å². The molecule has 0 bridgehead atoms. The molecule has 0 fully saturated rings. The lowest BCUT2D eigenvalue weighted by atomic mass is 10.2. The number of rotatable bonds is 6. The number of halogens is 2. The molecular formula is C19H16BrFN2OS2. The molecule has 1 amide bonds. The maximum Gasteiger partial charge on any atom is 0.237 e. The molecular weight excluding hydrogens is 435 g/mol. The highest BCUT2D eigenvalue weighted by Crippen LogP contribution is 2.27. The van der Waals surface area contributed by atoms with Crippen molar-refractivity contribution in [1.29, 1.82) is 0 Å². The van der Waals surface area contributed by atoms with Crippen LogP contribution in [0, 0.1) is 5.82 Å². The first kappa shape index (κ1) is 19.1. The number of anilines is 1. The second-order valence-corrected chi connectivity index (χ2v) is 8.68. The Bertz CT molecular complexity index is 902. The molecule has 0 spiro atoms. The molecule has 1 N–H and O–H groups in total. The van der Waals surface area contributed by atoms with Gasteiger partial charge in [0.05, 0.1) is 16.6 Å². The van der Waals surface area contributed by atoms with Gasteiger partial charge in [0.15, 0.2) is 0 Å². The quantitative estimate of drug-likeness (QED) is 0.502. The van der Waals surface area contributed by atoms with Crippen LogP contribution in [0.3, 0.4) is 0 Å². The Hall–Kier alpha value is -1.70. The molecule has 3 rings (SSSR count). The highest BCUT2D eigenvalue weighted by molar-refractivity contribution is 9.10. The van der Waals surface area contributed by atoms with Gasteiger partial charge in [-0.2, -0.15) is 0 Å². The molecule has 0 radical (unpaired) electrons. The summed E-state index contributed by atoms with van der Waals surface area (Å²) in [5, 5.41) is 5.29. The summed E-state index contributed by atoms with van der Waals surface area (Å²) in [4.78, 5) is 16.9. The highest BCUT2D eigenvalue weighted by atomic mass is 79.9. The Labute approximate surface area is 168 Å². The minimum Gasteiger partial charge on any atom is -0.323 e. The molecule has 0 aliphatic rings. The fraction of sp³-hybridized carbons (Fsp3) is 0.158. The van der Waals surface area contributed by atoms with Crippen molar-refractivity contribution in [3.63, 3.8) is 0 Å². The van der Waals surface area contributed by atoms with Crippen molar-refractivity contribution in [2.75, 3.05) is 5.32 Å². The lowest BCUT2D eigenvalue weighted by molar-refractivity contribution is -0.115. The van der Waals surface area contributed by atoms with Gasteiger partial charge in [-0.15, -0.1) is 23.1 Å². The van der Waals surface area contributed by atoms with Crippen LogP contribution in [-0.4, -0.2) is 16.1 Å². The summed E-state index contributed by atoms with van der Waals surface area (Å²) in [6.07, 6.45) is 0. The fourth-order valence-electron chi connectivity index (χ4n) is 2.20. The van der Waals surface area contributed by atoms with Gasteiger partial charge in [-0.25, -0.2) is 9.37 Å². The standard InChI is InChI=1S/C19H16BrFN2OS2/c1-12(18(24)23-17-8-7-14(20)9-16(17)21)25-10-15-11-26-19(22-15)13-5-3-2-4-6-13/h2-9,11-12H,10H2,1H3,(H,23,24). The summed E-state index contributed by atoms with van der Waals surface area (Å²) >= 11 is 6.26. The van der Waals surface area contributed by atoms with Crippen molar-refractivity contribution in [3.05, 3.63) is 69.9 Å². The van der Waals surface area contributed by atoms with E-state index in [-0.39, 0.29) is 16.8 Å². The second-order valence-electron chi connectivity index (χ2n) is 5.58. The van der Waals surface area contributed by atoms with Crippen LogP contribution in [0.5, 0.6) is 0 Å². The van der Waals surface area contributed by atoms with E-state index in [1.54, 1.807) is 30.4 Å². The zero-order valence-electron chi connectivity index (χ0n) is 13.9. The minimum absolute atomic E-state index is 0.186. The van der Waals surface area contributed by atoms with Gasteiger partial charge in [-0.3, -0.25) is 4.79 Å². The predicted octanol–water partition coefficient (Wildman–Crippen LogP) is 5.97. The Balaban J connectivity index is 1.56. The van der Waals surface area contributed by atoms with Gasteiger partial charge in [0.2, 0.25) is 5.91 Å². The van der Waals surface area contributed by atoms with E-state index in [9.17, 15) is 9.18 Å². The van der Waals surface area contributed by atoms with Crippen LogP contribution >= 0.6 is 39.0 Å². The number of aromatic nitrogens is 1. The van der Waals surface area contributed by atoms with Gasteiger partial charge < -0.3 is 5.32 Å². The predicted molar refractivity (Wildman–Crippen MR) is 111 cm³/mol. The van der Waals surface area contributed by atoms with E-state index >= 15 is 0 Å². The summed E-state index contributed by atoms with van der Waals surface area (Å²) < 4.78 is 14.5. The van der Waals surface area contributed by atoms with Gasteiger partial charge in [0.1, 0.15) is 10.8 Å². The lowest BCUT2D eigenvalue weighted by Gasteiger charge is -2.12. The third-order valence-electron chi connectivity index (χ3n) is 3.61. The third kappa shape index (κ3) is 4.93. The summed E-state index contributed by atoms with van der Waals surface area (Å²) in [6, 6.07) is 14.6. The smallest absolute Gasteiger partial charge is 0.237 e. The second kappa shape index (κ2) is 8.79. The number of carbonyl (C=O) groups excluding carboxylic acids is 1. The van der Waals surface area contributed by atoms with E-state index < -0.39 is 5.82 Å². The largest absolute Gasteiger partial charge is 0.323 e. The van der Waals surface area contributed by atoms with Crippen LogP contribution in [0.2, 0.25) is 0 Å². The van der Waals surface area contributed by atoms with Crippen molar-refractivity contribution in [3.8, 4) is 10.6 Å². The van der Waals surface area contributed by atoms with Gasteiger partial charge in [0, 0.05) is 21.2 Å². The molecule has 1 aromatic heterocycles.